The fourth-order valence-electron chi connectivity index (χ4n) is 14.9. The third-order valence-corrected chi connectivity index (χ3v) is 17.6. The summed E-state index contributed by atoms with van der Waals surface area (Å²) in [5.41, 5.74) is 2.01. The van der Waals surface area contributed by atoms with Crippen molar-refractivity contribution >= 4 is 11.5 Å². The summed E-state index contributed by atoms with van der Waals surface area (Å²) < 4.78 is 6.20. The van der Waals surface area contributed by atoms with Gasteiger partial charge < -0.3 is 46.4 Å². The SMILES string of the molecule is CC(O)CN=C1C(=O)C2CC(O)C(O)CC23CC(C2CCC(N)NC2)C=CC2CC4(C5CCCCC5)C(C(C)(O)C(O)C5OCC(C)C5C)CCC4(O)C1C23. The summed E-state index contributed by atoms with van der Waals surface area (Å²) >= 11 is 0. The number of nitrogens with two attached hydrogens (primary N) is 1. The number of hydrogen-bond donors (Lipinski definition) is 8. The molecule has 11 heteroatoms. The van der Waals surface area contributed by atoms with Gasteiger partial charge in [0.1, 0.15) is 6.10 Å². The first-order chi connectivity index (χ1) is 26.1. The molecule has 19 unspecified atom stereocenters. The number of carbonyl (C=O) groups is 1. The highest BCUT2D eigenvalue weighted by Gasteiger charge is 2.78. The molecule has 19 atom stereocenters. The van der Waals surface area contributed by atoms with Gasteiger partial charge >= 0.3 is 0 Å². The Kier molecular flexibility index (Phi) is 10.9. The number of hydrogen-bond acceptors (Lipinski definition) is 11. The van der Waals surface area contributed by atoms with Crippen molar-refractivity contribution in [3.05, 3.63) is 12.2 Å². The first kappa shape index (κ1) is 40.5. The molecular weight excluding hydrogens is 698 g/mol. The van der Waals surface area contributed by atoms with E-state index >= 15 is 4.79 Å². The monoisotopic (exact) mass is 770 g/mol. The molecule has 0 amide bonds. The number of aliphatic hydroxyl groups excluding tert-OH is 4. The Morgan fingerprint density at radius 2 is 1.75 bits per heavy atom. The van der Waals surface area contributed by atoms with Gasteiger partial charge in [0.05, 0.1) is 54.0 Å². The lowest BCUT2D eigenvalue weighted by Gasteiger charge is -2.69. The van der Waals surface area contributed by atoms with Gasteiger partial charge in [-0.1, -0.05) is 45.3 Å². The van der Waals surface area contributed by atoms with Gasteiger partial charge in [0.25, 0.3) is 0 Å². The van der Waals surface area contributed by atoms with Gasteiger partial charge in [0.2, 0.25) is 0 Å². The number of piperidine rings is 1. The number of fused-ring (bicyclic) bond motifs is 2. The predicted octanol–water partition coefficient (Wildman–Crippen LogP) is 3.11. The Morgan fingerprint density at radius 1 is 1.02 bits per heavy atom. The molecule has 0 radical (unpaired) electrons. The van der Waals surface area contributed by atoms with E-state index in [1.807, 2.05) is 0 Å². The number of nitrogens with zero attached hydrogens (tertiary/aromatic N) is 1. The van der Waals surface area contributed by atoms with Gasteiger partial charge in [0.15, 0.2) is 5.78 Å². The van der Waals surface area contributed by atoms with Crippen molar-refractivity contribution in [2.24, 2.45) is 80.7 Å². The average molecular weight is 770 g/mol. The summed E-state index contributed by atoms with van der Waals surface area (Å²) in [7, 11) is 0. The highest BCUT2D eigenvalue weighted by atomic mass is 16.5. The number of aliphatic hydroxyl groups is 6. The Hall–Kier alpha value is -1.28. The number of Topliss-reactive ketones (excluding diaryl/α,β-unsaturated/α-hetero) is 1. The van der Waals surface area contributed by atoms with Gasteiger partial charge in [-0.2, -0.15) is 0 Å². The lowest BCUT2D eigenvalue weighted by Crippen LogP contribution is -2.74. The van der Waals surface area contributed by atoms with Crippen molar-refractivity contribution in [2.45, 2.75) is 159 Å². The number of allylic oxidation sites excluding steroid dienone is 2. The van der Waals surface area contributed by atoms with Crippen molar-refractivity contribution in [1.29, 1.82) is 0 Å². The standard InChI is InChI=1S/C44H71N3O8/c1-23-22-55-39(25(23)3)40(52)41(4,53)33-14-15-44(54)36-35-27(18-43(33,44)29-8-6-5-7-9-29)11-10-26(28-12-13-34(45)46-21-28)17-42(35)19-32(50)31(49)16-30(42)38(51)37(36)47-20-24(2)48/h10-11,23-36,39-40,46,48-50,52-54H,5-9,12-22,45H2,1-4H3. The fourth-order valence-corrected chi connectivity index (χ4v) is 14.9. The summed E-state index contributed by atoms with van der Waals surface area (Å²) in [6.45, 7) is 8.94. The van der Waals surface area contributed by atoms with E-state index in [0.29, 0.717) is 38.0 Å². The summed E-state index contributed by atoms with van der Waals surface area (Å²) in [4.78, 5) is 20.4. The Balaban J connectivity index is 1.32. The van der Waals surface area contributed by atoms with Crippen LogP contribution in [0.4, 0.5) is 0 Å². The van der Waals surface area contributed by atoms with E-state index in [1.54, 1.807) is 13.8 Å². The van der Waals surface area contributed by atoms with E-state index in [1.165, 1.54) is 0 Å². The van der Waals surface area contributed by atoms with Crippen molar-refractivity contribution < 1.29 is 40.2 Å². The van der Waals surface area contributed by atoms with Crippen molar-refractivity contribution in [3.63, 3.8) is 0 Å². The van der Waals surface area contributed by atoms with E-state index < -0.39 is 70.3 Å². The summed E-state index contributed by atoms with van der Waals surface area (Å²) in [5.74, 6) is -1.56. The minimum atomic E-state index is -1.60. The van der Waals surface area contributed by atoms with E-state index in [4.69, 9.17) is 15.5 Å². The third-order valence-electron chi connectivity index (χ3n) is 17.6. The van der Waals surface area contributed by atoms with Crippen LogP contribution in [0.1, 0.15) is 111 Å². The van der Waals surface area contributed by atoms with Crippen LogP contribution in [0.2, 0.25) is 0 Å². The van der Waals surface area contributed by atoms with E-state index in [9.17, 15) is 30.6 Å². The second-order valence-corrected chi connectivity index (χ2v) is 20.5. The minimum Gasteiger partial charge on any atom is -0.391 e. The molecule has 6 aliphatic carbocycles. The second-order valence-electron chi connectivity index (χ2n) is 20.5. The van der Waals surface area contributed by atoms with Crippen molar-refractivity contribution in [1.82, 2.24) is 5.32 Å². The van der Waals surface area contributed by atoms with Crippen molar-refractivity contribution in [3.8, 4) is 0 Å². The number of carbonyl (C=O) groups excluding carboxylic acids is 1. The predicted molar refractivity (Wildman–Crippen MR) is 209 cm³/mol. The minimum absolute atomic E-state index is 0.0216. The number of rotatable bonds is 7. The highest BCUT2D eigenvalue weighted by Crippen LogP contribution is 2.75. The van der Waals surface area contributed by atoms with Crippen LogP contribution >= 0.6 is 0 Å². The first-order valence-electron chi connectivity index (χ1n) is 22.1. The van der Waals surface area contributed by atoms with Gasteiger partial charge in [0, 0.05) is 23.9 Å². The molecule has 0 aromatic rings. The second kappa shape index (κ2) is 14.8. The number of nitrogens with one attached hydrogen (secondary N) is 1. The third kappa shape index (κ3) is 6.22. The zero-order valence-corrected chi connectivity index (χ0v) is 33.7. The van der Waals surface area contributed by atoms with Crippen LogP contribution in [0.3, 0.4) is 0 Å². The maximum absolute atomic E-state index is 15.4. The van der Waals surface area contributed by atoms with Crippen LogP contribution in [0.25, 0.3) is 0 Å². The van der Waals surface area contributed by atoms with Crippen molar-refractivity contribution in [2.75, 3.05) is 19.7 Å². The largest absolute Gasteiger partial charge is 0.391 e. The molecule has 8 rings (SSSR count). The Labute approximate surface area is 328 Å². The highest BCUT2D eigenvalue weighted by molar-refractivity contribution is 6.42. The molecule has 7 fully saturated rings. The maximum Gasteiger partial charge on any atom is 0.180 e. The topological polar surface area (TPSA) is 198 Å². The zero-order valence-electron chi connectivity index (χ0n) is 33.7. The quantitative estimate of drug-likeness (QED) is 0.178. The van der Waals surface area contributed by atoms with E-state index in [0.717, 1.165) is 51.5 Å². The normalized spacial score (nSPS) is 51.8. The van der Waals surface area contributed by atoms with Crippen LogP contribution in [0.5, 0.6) is 0 Å². The molecule has 11 nitrogen and oxygen atoms in total. The van der Waals surface area contributed by atoms with Gasteiger partial charge in [-0.3, -0.25) is 9.79 Å². The Morgan fingerprint density at radius 3 is 2.40 bits per heavy atom. The molecule has 0 aromatic heterocycles. The summed E-state index contributed by atoms with van der Waals surface area (Å²) in [6, 6.07) is 0. The number of ketones is 1. The Bertz CT molecular complexity index is 1490. The van der Waals surface area contributed by atoms with Gasteiger partial charge in [-0.15, -0.1) is 0 Å². The van der Waals surface area contributed by atoms with Gasteiger partial charge in [-0.05, 0) is 137 Å². The van der Waals surface area contributed by atoms with Crippen LogP contribution in [-0.2, 0) is 9.53 Å². The van der Waals surface area contributed by atoms with Crippen LogP contribution in [0.15, 0.2) is 17.1 Å². The molecule has 55 heavy (non-hydrogen) atoms. The molecule has 0 aromatic carbocycles. The summed E-state index contributed by atoms with van der Waals surface area (Å²) in [6.07, 6.45) is 9.40. The number of aliphatic imine (C=N–C) groups is 1. The first-order valence-corrected chi connectivity index (χ1v) is 22.1. The molecule has 0 bridgehead atoms. The fraction of sp³-hybridized carbons (Fsp3) is 0.909. The molecule has 5 saturated carbocycles. The summed E-state index contributed by atoms with van der Waals surface area (Å²) in [5, 5.41) is 76.3. The van der Waals surface area contributed by atoms with Crippen LogP contribution in [-0.4, -0.2) is 110 Å². The molecule has 2 aliphatic heterocycles. The van der Waals surface area contributed by atoms with E-state index in [2.05, 4.69) is 31.3 Å². The average Bonchev–Trinajstić information content (AvgIpc) is 3.61. The maximum atomic E-state index is 15.4. The smallest absolute Gasteiger partial charge is 0.180 e. The zero-order chi connectivity index (χ0) is 39.2. The molecule has 2 saturated heterocycles. The van der Waals surface area contributed by atoms with Crippen LogP contribution in [0, 0.1) is 70.0 Å². The van der Waals surface area contributed by atoms with E-state index in [-0.39, 0.29) is 72.8 Å². The lowest BCUT2D eigenvalue weighted by molar-refractivity contribution is -0.256. The van der Waals surface area contributed by atoms with Gasteiger partial charge in [-0.25, -0.2) is 0 Å². The molecular formula is C44H71N3O8. The van der Waals surface area contributed by atoms with Crippen LogP contribution < -0.4 is 11.1 Å². The molecule has 310 valence electrons. The molecule has 2 heterocycles. The molecule has 9 N–H and O–H groups in total. The number of ether oxygens (including phenoxy) is 1. The molecule has 1 spiro atoms. The molecule has 8 aliphatic rings. The lowest BCUT2D eigenvalue weighted by atomic mass is 9.36.